The third-order valence-electron chi connectivity index (χ3n) is 5.87. The minimum absolute atomic E-state index is 0.197. The zero-order chi connectivity index (χ0) is 21.5. The number of imide groups is 1. The highest BCUT2D eigenvalue weighted by atomic mass is 16.2. The number of hydrogen-bond acceptors (Lipinski definition) is 3. The van der Waals surface area contributed by atoms with E-state index in [1.165, 1.54) is 36.1 Å². The van der Waals surface area contributed by atoms with E-state index in [-0.39, 0.29) is 11.8 Å². The van der Waals surface area contributed by atoms with E-state index in [9.17, 15) is 9.59 Å². The quantitative estimate of drug-likeness (QED) is 0.475. The molecule has 0 aliphatic carbocycles. The second-order valence-corrected chi connectivity index (χ2v) is 8.24. The first-order valence-electron chi connectivity index (χ1n) is 11.4. The monoisotopic (exact) mass is 406 g/mol. The molecule has 160 valence electrons. The third-order valence-corrected chi connectivity index (χ3v) is 5.87. The Hall–Kier alpha value is -2.46. The van der Waals surface area contributed by atoms with Crippen LogP contribution in [0.2, 0.25) is 0 Å². The molecule has 2 amide bonds. The van der Waals surface area contributed by atoms with Gasteiger partial charge in [-0.15, -0.1) is 0 Å². The molecule has 1 unspecified atom stereocenters. The van der Waals surface area contributed by atoms with Gasteiger partial charge in [0.15, 0.2) is 0 Å². The number of carbonyl (C=O) groups excluding carboxylic acids is 2. The molecule has 0 radical (unpaired) electrons. The largest absolute Gasteiger partial charge is 0.300 e. The molecule has 0 bridgehead atoms. The molecule has 2 aromatic carbocycles. The first-order valence-corrected chi connectivity index (χ1v) is 11.4. The normalized spacial score (nSPS) is 14.5. The van der Waals surface area contributed by atoms with E-state index < -0.39 is 0 Å². The number of hydrogen-bond donors (Lipinski definition) is 0. The molecular weight excluding hydrogens is 372 g/mol. The molecule has 0 aromatic heterocycles. The van der Waals surface area contributed by atoms with E-state index in [0.717, 1.165) is 25.1 Å². The maximum Gasteiger partial charge on any atom is 0.261 e. The van der Waals surface area contributed by atoms with Crippen molar-refractivity contribution in [1.82, 2.24) is 9.80 Å². The number of rotatable bonds is 11. The van der Waals surface area contributed by atoms with Crippen LogP contribution in [0.25, 0.3) is 0 Å². The van der Waals surface area contributed by atoms with Gasteiger partial charge in [0.2, 0.25) is 0 Å². The van der Waals surface area contributed by atoms with Crippen LogP contribution in [0, 0.1) is 0 Å². The van der Waals surface area contributed by atoms with Crippen molar-refractivity contribution in [2.24, 2.45) is 0 Å². The Kier molecular flexibility index (Phi) is 7.81. The number of amides is 2. The molecule has 1 atom stereocenters. The Morgan fingerprint density at radius 2 is 1.30 bits per heavy atom. The van der Waals surface area contributed by atoms with Gasteiger partial charge in [-0.1, -0.05) is 63.6 Å². The van der Waals surface area contributed by atoms with Crippen molar-refractivity contribution in [2.75, 3.05) is 13.1 Å². The Balaban J connectivity index is 1.67. The molecule has 1 aliphatic heterocycles. The number of fused-ring (bicyclic) bond motifs is 1. The fraction of sp³-hybridized carbons (Fsp3) is 0.462. The van der Waals surface area contributed by atoms with Crippen LogP contribution < -0.4 is 0 Å². The number of nitrogens with zero attached hydrogens (tertiary/aromatic N) is 2. The first kappa shape index (κ1) is 22.2. The molecule has 0 saturated carbocycles. The van der Waals surface area contributed by atoms with E-state index in [4.69, 9.17) is 0 Å². The third kappa shape index (κ3) is 4.99. The zero-order valence-corrected chi connectivity index (χ0v) is 18.6. The van der Waals surface area contributed by atoms with Gasteiger partial charge in [0.25, 0.3) is 11.8 Å². The summed E-state index contributed by atoms with van der Waals surface area (Å²) in [6, 6.07) is 16.1. The lowest BCUT2D eigenvalue weighted by Crippen LogP contribution is -2.38. The van der Waals surface area contributed by atoms with Crippen molar-refractivity contribution < 1.29 is 9.59 Å². The maximum atomic E-state index is 12.6. The summed E-state index contributed by atoms with van der Waals surface area (Å²) in [7, 11) is 0. The highest BCUT2D eigenvalue weighted by Crippen LogP contribution is 2.24. The van der Waals surface area contributed by atoms with Gasteiger partial charge in [0.1, 0.15) is 0 Å². The van der Waals surface area contributed by atoms with Gasteiger partial charge < -0.3 is 4.90 Å². The molecule has 0 spiro atoms. The van der Waals surface area contributed by atoms with Crippen LogP contribution in [0.1, 0.15) is 78.3 Å². The van der Waals surface area contributed by atoms with Gasteiger partial charge in [-0.2, -0.15) is 0 Å². The summed E-state index contributed by atoms with van der Waals surface area (Å²) in [5.41, 5.74) is 3.32. The average Bonchev–Trinajstić information content (AvgIpc) is 3.00. The van der Waals surface area contributed by atoms with Crippen LogP contribution in [0.15, 0.2) is 48.5 Å². The number of carbonyl (C=O) groups is 2. The smallest absolute Gasteiger partial charge is 0.261 e. The predicted octanol–water partition coefficient (Wildman–Crippen LogP) is 5.32. The Labute approximate surface area is 180 Å². The van der Waals surface area contributed by atoms with Crippen LogP contribution in [0.4, 0.5) is 0 Å². The van der Waals surface area contributed by atoms with Crippen molar-refractivity contribution in [3.05, 3.63) is 70.8 Å². The molecule has 3 rings (SSSR count). The molecule has 4 nitrogen and oxygen atoms in total. The van der Waals surface area contributed by atoms with Gasteiger partial charge in [-0.3, -0.25) is 14.5 Å². The minimum atomic E-state index is -0.197. The molecule has 0 fully saturated rings. The first-order chi connectivity index (χ1) is 14.6. The van der Waals surface area contributed by atoms with Gasteiger partial charge in [-0.25, -0.2) is 0 Å². The zero-order valence-electron chi connectivity index (χ0n) is 18.6. The van der Waals surface area contributed by atoms with Crippen LogP contribution in [-0.4, -0.2) is 40.7 Å². The lowest BCUT2D eigenvalue weighted by Gasteiger charge is -2.31. The summed E-state index contributed by atoms with van der Waals surface area (Å²) in [4.78, 5) is 29.2. The highest BCUT2D eigenvalue weighted by Gasteiger charge is 2.34. The van der Waals surface area contributed by atoms with E-state index in [0.29, 0.717) is 23.7 Å². The molecule has 1 heterocycles. The van der Waals surface area contributed by atoms with Gasteiger partial charge >= 0.3 is 0 Å². The van der Waals surface area contributed by atoms with Crippen LogP contribution in [0.3, 0.4) is 0 Å². The fourth-order valence-electron chi connectivity index (χ4n) is 4.42. The van der Waals surface area contributed by atoms with Crippen molar-refractivity contribution in [3.8, 4) is 0 Å². The lowest BCUT2D eigenvalue weighted by atomic mass is 9.99. The van der Waals surface area contributed by atoms with E-state index >= 15 is 0 Å². The van der Waals surface area contributed by atoms with E-state index in [2.05, 4.69) is 49.9 Å². The van der Waals surface area contributed by atoms with E-state index in [1.54, 1.807) is 24.3 Å². The molecule has 0 N–H and O–H groups in total. The van der Waals surface area contributed by atoms with Gasteiger partial charge in [-0.05, 0) is 62.0 Å². The van der Waals surface area contributed by atoms with Crippen molar-refractivity contribution >= 4 is 11.8 Å². The molecule has 0 saturated heterocycles. The summed E-state index contributed by atoms with van der Waals surface area (Å²) >= 11 is 0. The van der Waals surface area contributed by atoms with E-state index in [1.807, 2.05) is 0 Å². The standard InChI is InChI=1S/C26H34N2O2/c1-4-9-22(27(16-5-2)17-6-3)18-20-12-14-21(15-13-20)19-28-25(29)23-10-7-8-11-24(23)26(28)30/h7-8,10-15,22H,4-6,9,16-19H2,1-3H3. The van der Waals surface area contributed by atoms with Crippen molar-refractivity contribution in [2.45, 2.75) is 65.5 Å². The molecule has 2 aromatic rings. The Morgan fingerprint density at radius 1 is 0.767 bits per heavy atom. The summed E-state index contributed by atoms with van der Waals surface area (Å²) < 4.78 is 0. The van der Waals surface area contributed by atoms with Crippen LogP contribution >= 0.6 is 0 Å². The molecule has 1 aliphatic rings. The SMILES string of the molecule is CCCC(Cc1ccc(CN2C(=O)c3ccccc3C2=O)cc1)N(CCC)CCC. The molecular formula is C26H34N2O2. The Morgan fingerprint density at radius 3 is 1.80 bits per heavy atom. The molecule has 4 heteroatoms. The fourth-order valence-corrected chi connectivity index (χ4v) is 4.42. The average molecular weight is 407 g/mol. The number of benzene rings is 2. The molecule has 30 heavy (non-hydrogen) atoms. The van der Waals surface area contributed by atoms with Gasteiger partial charge in [0, 0.05) is 6.04 Å². The van der Waals surface area contributed by atoms with Crippen molar-refractivity contribution in [1.29, 1.82) is 0 Å². The minimum Gasteiger partial charge on any atom is -0.300 e. The van der Waals surface area contributed by atoms with Crippen molar-refractivity contribution in [3.63, 3.8) is 0 Å². The predicted molar refractivity (Wildman–Crippen MR) is 122 cm³/mol. The lowest BCUT2D eigenvalue weighted by molar-refractivity contribution is 0.0642. The summed E-state index contributed by atoms with van der Waals surface area (Å²) in [5, 5.41) is 0. The topological polar surface area (TPSA) is 40.6 Å². The van der Waals surface area contributed by atoms with Crippen LogP contribution in [-0.2, 0) is 13.0 Å². The maximum absolute atomic E-state index is 12.6. The Bertz CT molecular complexity index is 819. The summed E-state index contributed by atoms with van der Waals surface area (Å²) in [5.74, 6) is -0.394. The summed E-state index contributed by atoms with van der Waals surface area (Å²) in [6.45, 7) is 9.38. The second kappa shape index (κ2) is 10.5. The van der Waals surface area contributed by atoms with Crippen LogP contribution in [0.5, 0.6) is 0 Å². The highest BCUT2D eigenvalue weighted by molar-refractivity contribution is 6.21. The van der Waals surface area contributed by atoms with Gasteiger partial charge in [0.05, 0.1) is 17.7 Å². The summed E-state index contributed by atoms with van der Waals surface area (Å²) in [6.07, 6.45) is 5.79. The second-order valence-electron chi connectivity index (χ2n) is 8.24.